The maximum Gasteiger partial charge on any atom is 0.151 e. The molecule has 0 radical (unpaired) electrons. The number of imidazole rings is 1. The molecule has 7 nitrogen and oxygen atoms in total. The van der Waals surface area contributed by atoms with Gasteiger partial charge in [0.2, 0.25) is 0 Å². The van der Waals surface area contributed by atoms with Crippen LogP contribution < -0.4 is 5.73 Å². The highest BCUT2D eigenvalue weighted by atomic mass is 32.2. The number of fused-ring (bicyclic) bond motifs is 1. The van der Waals surface area contributed by atoms with Crippen LogP contribution in [0.4, 0.5) is 5.82 Å². The van der Waals surface area contributed by atoms with E-state index in [1.54, 1.807) is 7.11 Å². The Morgan fingerprint density at radius 3 is 2.48 bits per heavy atom. The quantitative estimate of drug-likeness (QED) is 0.586. The number of pyridine rings is 1. The molecule has 0 unspecified atom stereocenters. The van der Waals surface area contributed by atoms with Gasteiger partial charge in [0.1, 0.15) is 21.2 Å². The second-order valence-corrected chi connectivity index (χ2v) is 9.34. The Morgan fingerprint density at radius 1 is 1.11 bits per heavy atom. The third-order valence-electron chi connectivity index (χ3n) is 4.90. The van der Waals surface area contributed by atoms with Gasteiger partial charge in [-0.3, -0.25) is 0 Å². The first-order chi connectivity index (χ1) is 12.8. The lowest BCUT2D eigenvalue weighted by Gasteiger charge is -2.12. The number of nitrogen functional groups attached to an aromatic ring is 1. The number of nitrogens with two attached hydrogens (primary N) is 1. The molecule has 0 aliphatic rings. The molecular formula is C19H32N4O3S. The molecule has 0 saturated carbocycles. The minimum absolute atomic E-state index is 0.245. The zero-order valence-electron chi connectivity index (χ0n) is 16.9. The van der Waals surface area contributed by atoms with Crippen molar-refractivity contribution in [1.82, 2.24) is 14.5 Å². The van der Waals surface area contributed by atoms with Crippen LogP contribution in [-0.2, 0) is 27.5 Å². The van der Waals surface area contributed by atoms with Crippen LogP contribution in [0.1, 0.15) is 49.7 Å². The van der Waals surface area contributed by atoms with Gasteiger partial charge in [0, 0.05) is 25.8 Å². The molecule has 8 heteroatoms. The van der Waals surface area contributed by atoms with Crippen molar-refractivity contribution in [3.63, 3.8) is 0 Å². The van der Waals surface area contributed by atoms with Gasteiger partial charge in [-0.2, -0.15) is 0 Å². The number of sulfone groups is 1. The molecule has 27 heavy (non-hydrogen) atoms. The van der Waals surface area contributed by atoms with Gasteiger partial charge in [0.15, 0.2) is 5.82 Å². The summed E-state index contributed by atoms with van der Waals surface area (Å²) in [6, 6.07) is 0. The fourth-order valence-corrected chi connectivity index (χ4v) is 4.81. The number of nitrogens with zero attached hydrogens (tertiary/aromatic N) is 3. The minimum atomic E-state index is -2.95. The molecule has 0 spiro atoms. The van der Waals surface area contributed by atoms with Crippen molar-refractivity contribution >= 4 is 26.7 Å². The molecular weight excluding hydrogens is 364 g/mol. The standard InChI is InChI=1S/C19H32N4O3S/c1-5-6-12-27(24,25)13-8-7-10-23-16(9-11-26-4)22-17-18(23)14(2)15(3)21-19(17)20/h5-13H2,1-4H3,(H2,20,21). The van der Waals surface area contributed by atoms with Crippen molar-refractivity contribution in [2.45, 2.75) is 59.4 Å². The van der Waals surface area contributed by atoms with Crippen LogP contribution >= 0.6 is 0 Å². The highest BCUT2D eigenvalue weighted by Crippen LogP contribution is 2.26. The van der Waals surface area contributed by atoms with Gasteiger partial charge in [0.05, 0.1) is 23.6 Å². The second kappa shape index (κ2) is 9.50. The molecule has 0 fully saturated rings. The van der Waals surface area contributed by atoms with Crippen molar-refractivity contribution in [3.05, 3.63) is 17.1 Å². The van der Waals surface area contributed by atoms with Gasteiger partial charge in [-0.25, -0.2) is 18.4 Å². The predicted molar refractivity (Wildman–Crippen MR) is 110 cm³/mol. The van der Waals surface area contributed by atoms with Crippen LogP contribution in [0.3, 0.4) is 0 Å². The second-order valence-electron chi connectivity index (χ2n) is 7.04. The molecule has 0 aliphatic carbocycles. The summed E-state index contributed by atoms with van der Waals surface area (Å²) in [5, 5.41) is 0. The third kappa shape index (κ3) is 5.42. The molecule has 2 rings (SSSR count). The minimum Gasteiger partial charge on any atom is -0.384 e. The van der Waals surface area contributed by atoms with E-state index in [1.807, 2.05) is 20.8 Å². The average molecular weight is 397 g/mol. The highest BCUT2D eigenvalue weighted by molar-refractivity contribution is 7.91. The SMILES string of the molecule is CCCCS(=O)(=O)CCCCn1c(CCOC)nc2c(N)nc(C)c(C)c21. The summed E-state index contributed by atoms with van der Waals surface area (Å²) in [5.74, 6) is 1.88. The number of hydrogen-bond acceptors (Lipinski definition) is 6. The topological polar surface area (TPSA) is 100 Å². The van der Waals surface area contributed by atoms with E-state index < -0.39 is 9.84 Å². The van der Waals surface area contributed by atoms with Crippen molar-refractivity contribution in [1.29, 1.82) is 0 Å². The molecule has 2 heterocycles. The summed E-state index contributed by atoms with van der Waals surface area (Å²) in [5.41, 5.74) is 9.77. The first kappa shape index (κ1) is 21.6. The van der Waals surface area contributed by atoms with E-state index in [-0.39, 0.29) is 11.5 Å². The van der Waals surface area contributed by atoms with Crippen molar-refractivity contribution in [2.75, 3.05) is 31.0 Å². The van der Waals surface area contributed by atoms with E-state index in [0.717, 1.165) is 47.4 Å². The van der Waals surface area contributed by atoms with Crippen molar-refractivity contribution in [3.8, 4) is 0 Å². The zero-order chi connectivity index (χ0) is 20.0. The lowest BCUT2D eigenvalue weighted by atomic mass is 10.2. The van der Waals surface area contributed by atoms with E-state index in [9.17, 15) is 8.42 Å². The lowest BCUT2D eigenvalue weighted by molar-refractivity contribution is 0.199. The maximum atomic E-state index is 12.1. The van der Waals surface area contributed by atoms with E-state index in [4.69, 9.17) is 15.5 Å². The van der Waals surface area contributed by atoms with Crippen LogP contribution in [0.25, 0.3) is 11.0 Å². The molecule has 152 valence electrons. The Hall–Kier alpha value is -1.67. The fourth-order valence-electron chi connectivity index (χ4n) is 3.23. The molecule has 2 aromatic heterocycles. The summed E-state index contributed by atoms with van der Waals surface area (Å²) in [6.07, 6.45) is 3.74. The first-order valence-electron chi connectivity index (χ1n) is 9.61. The number of ether oxygens (including phenoxy) is 1. The van der Waals surface area contributed by atoms with Crippen molar-refractivity contribution in [2.24, 2.45) is 0 Å². The Bertz CT molecular complexity index is 875. The van der Waals surface area contributed by atoms with Gasteiger partial charge in [-0.15, -0.1) is 0 Å². The Morgan fingerprint density at radius 2 is 1.81 bits per heavy atom. The van der Waals surface area contributed by atoms with E-state index >= 15 is 0 Å². The molecule has 0 aliphatic heterocycles. The van der Waals surface area contributed by atoms with Crippen LogP contribution in [0.15, 0.2) is 0 Å². The largest absolute Gasteiger partial charge is 0.384 e. The zero-order valence-corrected chi connectivity index (χ0v) is 17.7. The average Bonchev–Trinajstić information content (AvgIpc) is 2.99. The van der Waals surface area contributed by atoms with E-state index in [1.165, 1.54) is 0 Å². The molecule has 0 amide bonds. The van der Waals surface area contributed by atoms with Crippen LogP contribution in [0.5, 0.6) is 0 Å². The summed E-state index contributed by atoms with van der Waals surface area (Å²) in [6.45, 7) is 7.25. The number of hydrogen-bond donors (Lipinski definition) is 1. The molecule has 2 N–H and O–H groups in total. The summed E-state index contributed by atoms with van der Waals surface area (Å²) in [7, 11) is -1.28. The number of unbranched alkanes of at least 4 members (excludes halogenated alkanes) is 2. The monoisotopic (exact) mass is 396 g/mol. The molecule has 0 aromatic carbocycles. The Kier molecular flexibility index (Phi) is 7.61. The number of aromatic nitrogens is 3. The number of anilines is 1. The molecule has 0 atom stereocenters. The Labute approximate surface area is 162 Å². The van der Waals surface area contributed by atoms with E-state index in [0.29, 0.717) is 31.8 Å². The highest BCUT2D eigenvalue weighted by Gasteiger charge is 2.17. The maximum absolute atomic E-state index is 12.1. The van der Waals surface area contributed by atoms with Gasteiger partial charge in [0.25, 0.3) is 0 Å². The molecule has 0 saturated heterocycles. The fraction of sp³-hybridized carbons (Fsp3) is 0.684. The van der Waals surface area contributed by atoms with Crippen LogP contribution in [-0.4, -0.2) is 48.2 Å². The van der Waals surface area contributed by atoms with Gasteiger partial charge in [-0.1, -0.05) is 13.3 Å². The molecule has 0 bridgehead atoms. The van der Waals surface area contributed by atoms with Gasteiger partial charge >= 0.3 is 0 Å². The van der Waals surface area contributed by atoms with Gasteiger partial charge in [-0.05, 0) is 38.7 Å². The molecule has 2 aromatic rings. The normalized spacial score (nSPS) is 12.1. The lowest BCUT2D eigenvalue weighted by Crippen LogP contribution is -2.13. The Balaban J connectivity index is 2.20. The summed E-state index contributed by atoms with van der Waals surface area (Å²) >= 11 is 0. The number of aryl methyl sites for hydroxylation is 3. The van der Waals surface area contributed by atoms with Crippen LogP contribution in [0, 0.1) is 13.8 Å². The number of rotatable bonds is 11. The number of methoxy groups -OCH3 is 1. The van der Waals surface area contributed by atoms with E-state index in [2.05, 4.69) is 9.55 Å². The van der Waals surface area contributed by atoms with Crippen molar-refractivity contribution < 1.29 is 13.2 Å². The predicted octanol–water partition coefficient (Wildman–Crippen LogP) is 2.81. The third-order valence-corrected chi connectivity index (χ3v) is 6.72. The summed E-state index contributed by atoms with van der Waals surface area (Å²) in [4.78, 5) is 9.08. The van der Waals surface area contributed by atoms with Gasteiger partial charge < -0.3 is 15.0 Å². The summed E-state index contributed by atoms with van der Waals surface area (Å²) < 4.78 is 31.5. The van der Waals surface area contributed by atoms with Crippen LogP contribution in [0.2, 0.25) is 0 Å². The smallest absolute Gasteiger partial charge is 0.151 e. The first-order valence-corrected chi connectivity index (χ1v) is 11.4.